The molecule has 2 aromatic heterocycles. The summed E-state index contributed by atoms with van der Waals surface area (Å²) in [6, 6.07) is 12.0. The van der Waals surface area contributed by atoms with Crippen molar-refractivity contribution in [2.24, 2.45) is 0 Å². The van der Waals surface area contributed by atoms with Gasteiger partial charge in [0.25, 0.3) is 5.91 Å². The van der Waals surface area contributed by atoms with Gasteiger partial charge in [0.2, 0.25) is 17.3 Å². The third-order valence-electron chi connectivity index (χ3n) is 3.85. The lowest BCUT2D eigenvalue weighted by Crippen LogP contribution is -2.26. The van der Waals surface area contributed by atoms with Crippen molar-refractivity contribution in [2.75, 3.05) is 6.54 Å². The Bertz CT molecular complexity index is 942. The molecule has 0 spiro atoms. The van der Waals surface area contributed by atoms with Crippen molar-refractivity contribution in [1.29, 1.82) is 0 Å². The van der Waals surface area contributed by atoms with E-state index in [0.29, 0.717) is 30.2 Å². The molecule has 0 saturated heterocycles. The van der Waals surface area contributed by atoms with Crippen LogP contribution in [-0.2, 0) is 6.42 Å². The van der Waals surface area contributed by atoms with Gasteiger partial charge in [-0.3, -0.25) is 9.59 Å². The number of aromatic nitrogens is 3. The van der Waals surface area contributed by atoms with Crippen LogP contribution in [0.1, 0.15) is 41.7 Å². The Morgan fingerprint density at radius 2 is 1.96 bits per heavy atom. The Labute approximate surface area is 150 Å². The minimum atomic E-state index is -0.175. The molecule has 0 atom stereocenters. The summed E-state index contributed by atoms with van der Waals surface area (Å²) in [5.74, 6) is 1.08. The van der Waals surface area contributed by atoms with Crippen LogP contribution in [0.4, 0.5) is 0 Å². The molecule has 0 saturated carbocycles. The van der Waals surface area contributed by atoms with Crippen molar-refractivity contribution in [3.8, 4) is 11.4 Å². The summed E-state index contributed by atoms with van der Waals surface area (Å²) >= 11 is 0. The van der Waals surface area contributed by atoms with Crippen LogP contribution < -0.4 is 10.9 Å². The fourth-order valence-electron chi connectivity index (χ4n) is 2.41. The van der Waals surface area contributed by atoms with E-state index in [-0.39, 0.29) is 17.4 Å². The van der Waals surface area contributed by atoms with Crippen molar-refractivity contribution < 1.29 is 9.32 Å². The van der Waals surface area contributed by atoms with Gasteiger partial charge in [0.15, 0.2) is 0 Å². The molecule has 26 heavy (non-hydrogen) atoms. The minimum absolute atomic E-state index is 0.147. The molecule has 0 aliphatic rings. The van der Waals surface area contributed by atoms with Gasteiger partial charge in [0, 0.05) is 41.8 Å². The molecule has 0 radical (unpaired) electrons. The lowest BCUT2D eigenvalue weighted by atomic mass is 10.1. The standard InChI is InChI=1S/C19H20N4O3/c1-12(2)19-22-17(23-26-19)13-6-8-14(9-7-13)18(25)20-11-10-15-4-3-5-16(24)21-15/h3-9,12H,10-11H2,1-2H3,(H,20,25)(H,21,24). The largest absolute Gasteiger partial charge is 0.352 e. The molecule has 0 unspecified atom stereocenters. The van der Waals surface area contributed by atoms with E-state index in [1.165, 1.54) is 6.07 Å². The first-order valence-corrected chi connectivity index (χ1v) is 8.43. The highest BCUT2D eigenvalue weighted by molar-refractivity contribution is 5.94. The summed E-state index contributed by atoms with van der Waals surface area (Å²) in [6.45, 7) is 4.40. The van der Waals surface area contributed by atoms with Gasteiger partial charge >= 0.3 is 0 Å². The van der Waals surface area contributed by atoms with Crippen LogP contribution in [0.15, 0.2) is 51.8 Å². The number of hydrogen-bond acceptors (Lipinski definition) is 5. The average molecular weight is 352 g/mol. The average Bonchev–Trinajstić information content (AvgIpc) is 3.12. The number of rotatable bonds is 6. The maximum absolute atomic E-state index is 12.2. The monoisotopic (exact) mass is 352 g/mol. The molecule has 7 nitrogen and oxygen atoms in total. The smallest absolute Gasteiger partial charge is 0.251 e. The second-order valence-electron chi connectivity index (χ2n) is 6.23. The lowest BCUT2D eigenvalue weighted by molar-refractivity contribution is 0.0954. The van der Waals surface area contributed by atoms with E-state index < -0.39 is 0 Å². The zero-order valence-corrected chi connectivity index (χ0v) is 14.7. The number of pyridine rings is 1. The number of hydrogen-bond donors (Lipinski definition) is 2. The van der Waals surface area contributed by atoms with Gasteiger partial charge in [-0.15, -0.1) is 0 Å². The fourth-order valence-corrected chi connectivity index (χ4v) is 2.41. The topological polar surface area (TPSA) is 101 Å². The van der Waals surface area contributed by atoms with E-state index in [1.54, 1.807) is 30.3 Å². The van der Waals surface area contributed by atoms with Crippen molar-refractivity contribution in [1.82, 2.24) is 20.4 Å². The zero-order chi connectivity index (χ0) is 18.5. The van der Waals surface area contributed by atoms with Crippen molar-refractivity contribution in [3.63, 3.8) is 0 Å². The SMILES string of the molecule is CC(C)c1nc(-c2ccc(C(=O)NCCc3cccc(=O)[nH]3)cc2)no1. The fraction of sp³-hybridized carbons (Fsp3) is 0.263. The third-order valence-corrected chi connectivity index (χ3v) is 3.85. The molecule has 0 aliphatic carbocycles. The quantitative estimate of drug-likeness (QED) is 0.710. The Morgan fingerprint density at radius 3 is 2.62 bits per heavy atom. The maximum atomic E-state index is 12.2. The summed E-state index contributed by atoms with van der Waals surface area (Å²) in [4.78, 5) is 30.5. The lowest BCUT2D eigenvalue weighted by Gasteiger charge is -2.06. The number of carbonyl (C=O) groups is 1. The van der Waals surface area contributed by atoms with Gasteiger partial charge in [-0.25, -0.2) is 0 Å². The number of H-pyrrole nitrogens is 1. The molecular formula is C19H20N4O3. The highest BCUT2D eigenvalue weighted by Crippen LogP contribution is 2.19. The van der Waals surface area contributed by atoms with E-state index >= 15 is 0 Å². The van der Waals surface area contributed by atoms with E-state index in [2.05, 4.69) is 20.4 Å². The second-order valence-corrected chi connectivity index (χ2v) is 6.23. The summed E-state index contributed by atoms with van der Waals surface area (Å²) in [7, 11) is 0. The van der Waals surface area contributed by atoms with E-state index in [9.17, 15) is 9.59 Å². The number of nitrogens with one attached hydrogen (secondary N) is 2. The third kappa shape index (κ3) is 4.24. The predicted molar refractivity (Wildman–Crippen MR) is 96.9 cm³/mol. The van der Waals surface area contributed by atoms with Crippen LogP contribution in [0.25, 0.3) is 11.4 Å². The molecule has 7 heteroatoms. The van der Waals surface area contributed by atoms with E-state index in [0.717, 1.165) is 11.3 Å². The van der Waals surface area contributed by atoms with Gasteiger partial charge in [-0.05, 0) is 18.2 Å². The summed E-state index contributed by atoms with van der Waals surface area (Å²) in [5, 5.41) is 6.79. The number of benzene rings is 1. The first kappa shape index (κ1) is 17.6. The molecule has 2 N–H and O–H groups in total. The minimum Gasteiger partial charge on any atom is -0.352 e. The maximum Gasteiger partial charge on any atom is 0.251 e. The second kappa shape index (κ2) is 7.77. The van der Waals surface area contributed by atoms with Crippen LogP contribution in [0.5, 0.6) is 0 Å². The number of amides is 1. The Morgan fingerprint density at radius 1 is 1.19 bits per heavy atom. The normalized spacial score (nSPS) is 10.9. The van der Waals surface area contributed by atoms with Gasteiger partial charge in [-0.2, -0.15) is 4.98 Å². The number of carbonyl (C=O) groups excluding carboxylic acids is 1. The Balaban J connectivity index is 1.58. The van der Waals surface area contributed by atoms with E-state index in [1.807, 2.05) is 19.9 Å². The zero-order valence-electron chi connectivity index (χ0n) is 14.7. The Kier molecular flexibility index (Phi) is 5.26. The molecular weight excluding hydrogens is 332 g/mol. The predicted octanol–water partition coefficient (Wildman–Crippen LogP) is 2.52. The van der Waals surface area contributed by atoms with Crippen molar-refractivity contribution >= 4 is 5.91 Å². The van der Waals surface area contributed by atoms with Crippen molar-refractivity contribution in [2.45, 2.75) is 26.2 Å². The van der Waals surface area contributed by atoms with Crippen LogP contribution in [-0.4, -0.2) is 27.6 Å². The molecule has 134 valence electrons. The van der Waals surface area contributed by atoms with Gasteiger partial charge < -0.3 is 14.8 Å². The molecule has 1 aromatic carbocycles. The van der Waals surface area contributed by atoms with Crippen LogP contribution in [0.3, 0.4) is 0 Å². The van der Waals surface area contributed by atoms with Gasteiger partial charge in [-0.1, -0.05) is 37.2 Å². The van der Waals surface area contributed by atoms with Gasteiger partial charge in [0.05, 0.1) is 0 Å². The highest BCUT2D eigenvalue weighted by atomic mass is 16.5. The molecule has 1 amide bonds. The number of aromatic amines is 1. The van der Waals surface area contributed by atoms with E-state index in [4.69, 9.17) is 4.52 Å². The molecule has 0 fully saturated rings. The number of nitrogens with zero attached hydrogens (tertiary/aromatic N) is 2. The van der Waals surface area contributed by atoms with Crippen LogP contribution in [0.2, 0.25) is 0 Å². The molecule has 0 aliphatic heterocycles. The van der Waals surface area contributed by atoms with Crippen LogP contribution >= 0.6 is 0 Å². The first-order valence-electron chi connectivity index (χ1n) is 8.43. The van der Waals surface area contributed by atoms with Crippen LogP contribution in [0, 0.1) is 0 Å². The summed E-state index contributed by atoms with van der Waals surface area (Å²) in [5.41, 5.74) is 1.97. The van der Waals surface area contributed by atoms with Gasteiger partial charge in [0.1, 0.15) is 0 Å². The highest BCUT2D eigenvalue weighted by Gasteiger charge is 2.12. The van der Waals surface area contributed by atoms with Crippen molar-refractivity contribution in [3.05, 3.63) is 70.0 Å². The molecule has 2 heterocycles. The summed E-state index contributed by atoms with van der Waals surface area (Å²) < 4.78 is 5.20. The molecule has 0 bridgehead atoms. The Hall–Kier alpha value is -3.22. The molecule has 3 aromatic rings. The summed E-state index contributed by atoms with van der Waals surface area (Å²) in [6.07, 6.45) is 0.556. The first-order chi connectivity index (χ1) is 12.5. The molecule has 3 rings (SSSR count).